The largest absolute Gasteiger partial charge is 0.497 e. The molecule has 0 aromatic heterocycles. The maximum absolute atomic E-state index is 5.28. The van der Waals surface area contributed by atoms with Gasteiger partial charge in [0.15, 0.2) is 0 Å². The van der Waals surface area contributed by atoms with Gasteiger partial charge in [0.1, 0.15) is 5.75 Å². The molecule has 2 aromatic rings. The summed E-state index contributed by atoms with van der Waals surface area (Å²) in [5.74, 6) is 0.921. The first-order valence-corrected chi connectivity index (χ1v) is 7.42. The van der Waals surface area contributed by atoms with E-state index in [4.69, 9.17) is 4.74 Å². The van der Waals surface area contributed by atoms with Gasteiger partial charge in [0.05, 0.1) is 7.11 Å². The number of hydrogen-bond donors (Lipinski definition) is 1. The smallest absolute Gasteiger partial charge is 0.119 e. The van der Waals surface area contributed by atoms with Crippen molar-refractivity contribution in [3.8, 4) is 5.75 Å². The zero-order chi connectivity index (χ0) is 14.7. The topological polar surface area (TPSA) is 24.5 Å². The fraction of sp³-hybridized carbons (Fsp3) is 0.333. The van der Waals surface area contributed by atoms with Gasteiger partial charge in [-0.3, -0.25) is 4.90 Å². The molecule has 0 saturated heterocycles. The van der Waals surface area contributed by atoms with Gasteiger partial charge >= 0.3 is 0 Å². The van der Waals surface area contributed by atoms with E-state index in [-0.39, 0.29) is 0 Å². The molecule has 21 heavy (non-hydrogen) atoms. The highest BCUT2D eigenvalue weighted by Crippen LogP contribution is 2.23. The van der Waals surface area contributed by atoms with Gasteiger partial charge in [-0.1, -0.05) is 24.3 Å². The Morgan fingerprint density at radius 2 is 1.90 bits per heavy atom. The van der Waals surface area contributed by atoms with Crippen LogP contribution in [0.1, 0.15) is 16.7 Å². The lowest BCUT2D eigenvalue weighted by atomic mass is 10.1. The number of anilines is 1. The van der Waals surface area contributed by atoms with Crippen LogP contribution in [0.2, 0.25) is 0 Å². The van der Waals surface area contributed by atoms with Crippen molar-refractivity contribution in [1.82, 2.24) is 4.90 Å². The molecule has 0 atom stereocenters. The third-order valence-corrected chi connectivity index (χ3v) is 3.92. The first kappa shape index (κ1) is 14.0. The molecule has 2 aromatic carbocycles. The molecule has 0 aliphatic carbocycles. The van der Waals surface area contributed by atoms with E-state index < -0.39 is 0 Å². The molecule has 0 amide bonds. The Morgan fingerprint density at radius 1 is 1.10 bits per heavy atom. The summed E-state index contributed by atoms with van der Waals surface area (Å²) in [5, 5.41) is 3.41. The number of fused-ring (bicyclic) bond motifs is 1. The summed E-state index contributed by atoms with van der Waals surface area (Å²) >= 11 is 0. The molecule has 1 aliphatic rings. The SMILES string of the molecule is COc1cccc(CN(C)Cc2ccc3c(c2)CCN3)c1. The molecule has 0 bridgehead atoms. The minimum absolute atomic E-state index is 0.921. The van der Waals surface area contributed by atoms with Gasteiger partial charge in [-0.25, -0.2) is 0 Å². The number of nitrogens with one attached hydrogen (secondary N) is 1. The van der Waals surface area contributed by atoms with Crippen molar-refractivity contribution in [2.75, 3.05) is 26.0 Å². The number of ether oxygens (including phenoxy) is 1. The highest BCUT2D eigenvalue weighted by atomic mass is 16.5. The monoisotopic (exact) mass is 282 g/mol. The van der Waals surface area contributed by atoms with Crippen molar-refractivity contribution in [1.29, 1.82) is 0 Å². The number of rotatable bonds is 5. The van der Waals surface area contributed by atoms with Crippen LogP contribution < -0.4 is 10.1 Å². The van der Waals surface area contributed by atoms with Gasteiger partial charge < -0.3 is 10.1 Å². The minimum atomic E-state index is 0.921. The van der Waals surface area contributed by atoms with Crippen molar-refractivity contribution in [2.24, 2.45) is 0 Å². The van der Waals surface area contributed by atoms with Crippen LogP contribution in [0, 0.1) is 0 Å². The molecule has 0 radical (unpaired) electrons. The van der Waals surface area contributed by atoms with Crippen LogP contribution in [0.4, 0.5) is 5.69 Å². The first-order chi connectivity index (χ1) is 10.2. The van der Waals surface area contributed by atoms with Crippen LogP contribution in [0.3, 0.4) is 0 Å². The number of benzene rings is 2. The molecule has 1 aliphatic heterocycles. The standard InChI is InChI=1S/C18H22N2O/c1-20(12-14-4-3-5-17(11-14)21-2)13-15-6-7-18-16(10-15)8-9-19-18/h3-7,10-11,19H,8-9,12-13H2,1-2H3. The minimum Gasteiger partial charge on any atom is -0.497 e. The van der Waals surface area contributed by atoms with Gasteiger partial charge in [-0.2, -0.15) is 0 Å². The summed E-state index contributed by atoms with van der Waals surface area (Å²) < 4.78 is 5.28. The van der Waals surface area contributed by atoms with Crippen molar-refractivity contribution in [3.05, 3.63) is 59.2 Å². The van der Waals surface area contributed by atoms with E-state index in [1.807, 2.05) is 12.1 Å². The van der Waals surface area contributed by atoms with E-state index in [2.05, 4.69) is 47.6 Å². The summed E-state index contributed by atoms with van der Waals surface area (Å²) in [6.07, 6.45) is 1.14. The average molecular weight is 282 g/mol. The third kappa shape index (κ3) is 3.37. The number of methoxy groups -OCH3 is 1. The molecule has 3 rings (SSSR count). The summed E-state index contributed by atoms with van der Waals surface area (Å²) in [4.78, 5) is 2.33. The Labute approximate surface area is 126 Å². The van der Waals surface area contributed by atoms with Gasteiger partial charge in [0.2, 0.25) is 0 Å². The lowest BCUT2D eigenvalue weighted by Crippen LogP contribution is -2.17. The summed E-state index contributed by atoms with van der Waals surface area (Å²) in [7, 11) is 3.87. The van der Waals surface area contributed by atoms with E-state index in [0.29, 0.717) is 0 Å². The van der Waals surface area contributed by atoms with E-state index >= 15 is 0 Å². The normalized spacial score (nSPS) is 13.1. The van der Waals surface area contributed by atoms with Gasteiger partial charge in [-0.05, 0) is 48.4 Å². The Kier molecular flexibility index (Phi) is 4.11. The zero-order valence-corrected chi connectivity index (χ0v) is 12.7. The highest BCUT2D eigenvalue weighted by Gasteiger charge is 2.11. The van der Waals surface area contributed by atoms with E-state index in [9.17, 15) is 0 Å². The van der Waals surface area contributed by atoms with E-state index in [0.717, 1.165) is 31.8 Å². The Hall–Kier alpha value is -2.00. The molecule has 0 unspecified atom stereocenters. The Bertz CT molecular complexity index is 624. The van der Waals surface area contributed by atoms with Crippen LogP contribution in [-0.4, -0.2) is 25.6 Å². The first-order valence-electron chi connectivity index (χ1n) is 7.42. The maximum atomic E-state index is 5.28. The lowest BCUT2D eigenvalue weighted by molar-refractivity contribution is 0.318. The molecule has 0 fully saturated rings. The summed E-state index contributed by atoms with van der Waals surface area (Å²) in [6.45, 7) is 2.95. The molecule has 1 N–H and O–H groups in total. The van der Waals surface area contributed by atoms with E-state index in [1.165, 1.54) is 22.4 Å². The molecule has 3 nitrogen and oxygen atoms in total. The second-order valence-corrected chi connectivity index (χ2v) is 5.69. The van der Waals surface area contributed by atoms with Gasteiger partial charge in [0.25, 0.3) is 0 Å². The third-order valence-electron chi connectivity index (χ3n) is 3.92. The fourth-order valence-corrected chi connectivity index (χ4v) is 2.91. The van der Waals surface area contributed by atoms with Crippen LogP contribution in [0.5, 0.6) is 5.75 Å². The predicted molar refractivity (Wildman–Crippen MR) is 86.8 cm³/mol. The van der Waals surface area contributed by atoms with Crippen molar-refractivity contribution in [2.45, 2.75) is 19.5 Å². The van der Waals surface area contributed by atoms with Crippen LogP contribution in [0.15, 0.2) is 42.5 Å². The summed E-state index contributed by atoms with van der Waals surface area (Å²) in [5.41, 5.74) is 5.40. The van der Waals surface area contributed by atoms with Crippen LogP contribution in [0.25, 0.3) is 0 Å². The molecular weight excluding hydrogens is 260 g/mol. The van der Waals surface area contributed by atoms with E-state index in [1.54, 1.807) is 7.11 Å². The predicted octanol–water partition coefficient (Wildman–Crippen LogP) is 3.30. The average Bonchev–Trinajstić information content (AvgIpc) is 2.95. The molecule has 0 saturated carbocycles. The quantitative estimate of drug-likeness (QED) is 0.910. The number of nitrogens with zero attached hydrogens (tertiary/aromatic N) is 1. The highest BCUT2D eigenvalue weighted by molar-refractivity contribution is 5.56. The van der Waals surface area contributed by atoms with Crippen LogP contribution in [-0.2, 0) is 19.5 Å². The number of hydrogen-bond acceptors (Lipinski definition) is 3. The molecule has 110 valence electrons. The fourth-order valence-electron chi connectivity index (χ4n) is 2.91. The van der Waals surface area contributed by atoms with Gasteiger partial charge in [-0.15, -0.1) is 0 Å². The summed E-state index contributed by atoms with van der Waals surface area (Å²) in [6, 6.07) is 15.0. The lowest BCUT2D eigenvalue weighted by Gasteiger charge is -2.18. The molecule has 3 heteroatoms. The molecule has 1 heterocycles. The second kappa shape index (κ2) is 6.19. The second-order valence-electron chi connectivity index (χ2n) is 5.69. The van der Waals surface area contributed by atoms with Crippen LogP contribution >= 0.6 is 0 Å². The Balaban J connectivity index is 1.64. The zero-order valence-electron chi connectivity index (χ0n) is 12.7. The Morgan fingerprint density at radius 3 is 2.71 bits per heavy atom. The van der Waals surface area contributed by atoms with Crippen molar-refractivity contribution < 1.29 is 4.74 Å². The van der Waals surface area contributed by atoms with Crippen molar-refractivity contribution in [3.63, 3.8) is 0 Å². The molecular formula is C18H22N2O. The van der Waals surface area contributed by atoms with Crippen molar-refractivity contribution >= 4 is 5.69 Å². The van der Waals surface area contributed by atoms with Gasteiger partial charge in [0, 0.05) is 25.3 Å². The molecule has 0 spiro atoms. The maximum Gasteiger partial charge on any atom is 0.119 e.